The summed E-state index contributed by atoms with van der Waals surface area (Å²) in [5.74, 6) is 0.920. The van der Waals surface area contributed by atoms with Gasteiger partial charge in [-0.15, -0.1) is 0 Å². The number of piperazine rings is 1. The molecule has 0 amide bonds. The van der Waals surface area contributed by atoms with Crippen LogP contribution in [0.2, 0.25) is 5.02 Å². The van der Waals surface area contributed by atoms with Crippen molar-refractivity contribution in [3.05, 3.63) is 34.3 Å². The zero-order valence-electron chi connectivity index (χ0n) is 11.8. The molecular weight excluding hydrogens is 256 g/mol. The Balaban J connectivity index is 1.69. The van der Waals surface area contributed by atoms with Crippen LogP contribution in [0, 0.1) is 12.8 Å². The minimum absolute atomic E-state index is 0.590. The number of hydrogen-bond donors (Lipinski definition) is 1. The van der Waals surface area contributed by atoms with Crippen LogP contribution in [0.1, 0.15) is 30.9 Å². The number of nitrogens with one attached hydrogen (secondary N) is 1. The van der Waals surface area contributed by atoms with Gasteiger partial charge in [0.2, 0.25) is 0 Å². The van der Waals surface area contributed by atoms with E-state index in [9.17, 15) is 0 Å². The number of nitrogens with zero attached hydrogens (tertiary/aromatic N) is 1. The molecule has 3 rings (SSSR count). The highest BCUT2D eigenvalue weighted by atomic mass is 35.5. The molecule has 19 heavy (non-hydrogen) atoms. The van der Waals surface area contributed by atoms with Gasteiger partial charge in [-0.25, -0.2) is 0 Å². The monoisotopic (exact) mass is 278 g/mol. The molecule has 3 heteroatoms. The molecule has 1 aromatic rings. The van der Waals surface area contributed by atoms with Crippen molar-refractivity contribution in [2.24, 2.45) is 5.92 Å². The van der Waals surface area contributed by atoms with E-state index in [0.717, 1.165) is 30.6 Å². The summed E-state index contributed by atoms with van der Waals surface area (Å²) in [6, 6.07) is 7.69. The molecule has 1 N–H and O–H groups in total. The van der Waals surface area contributed by atoms with Gasteiger partial charge in [0.05, 0.1) is 0 Å². The van der Waals surface area contributed by atoms with Gasteiger partial charge in [0.15, 0.2) is 0 Å². The van der Waals surface area contributed by atoms with Gasteiger partial charge in [0, 0.05) is 36.7 Å². The normalized spacial score (nSPS) is 28.6. The maximum atomic E-state index is 6.37. The third kappa shape index (κ3) is 3.13. The summed E-state index contributed by atoms with van der Waals surface area (Å²) in [5.41, 5.74) is 2.49. The standard InChI is InChI=1S/C16H23ClN2/c1-11-3-4-14(15(17)7-11)9-19-10-16(13-5-6-13)18-8-12(19)2/h3-4,7,12-13,16,18H,5-6,8-10H2,1-2H3. The number of rotatable bonds is 3. The molecule has 1 saturated carbocycles. The highest BCUT2D eigenvalue weighted by Crippen LogP contribution is 2.34. The Morgan fingerprint density at radius 3 is 2.84 bits per heavy atom. The fraction of sp³-hybridized carbons (Fsp3) is 0.625. The average Bonchev–Trinajstić information content (AvgIpc) is 3.19. The lowest BCUT2D eigenvalue weighted by molar-refractivity contribution is 0.125. The summed E-state index contributed by atoms with van der Waals surface area (Å²) in [4.78, 5) is 2.58. The van der Waals surface area contributed by atoms with Crippen LogP contribution in [0.3, 0.4) is 0 Å². The van der Waals surface area contributed by atoms with Crippen molar-refractivity contribution in [3.8, 4) is 0 Å². The number of benzene rings is 1. The van der Waals surface area contributed by atoms with E-state index < -0.39 is 0 Å². The lowest BCUT2D eigenvalue weighted by Gasteiger charge is -2.39. The summed E-state index contributed by atoms with van der Waals surface area (Å²) in [5, 5.41) is 4.61. The number of halogens is 1. The van der Waals surface area contributed by atoms with E-state index in [1.165, 1.54) is 24.0 Å². The molecule has 0 aromatic heterocycles. The predicted molar refractivity (Wildman–Crippen MR) is 80.6 cm³/mol. The van der Waals surface area contributed by atoms with Gasteiger partial charge >= 0.3 is 0 Å². The van der Waals surface area contributed by atoms with Crippen molar-refractivity contribution >= 4 is 11.6 Å². The first-order chi connectivity index (χ1) is 9.13. The highest BCUT2D eigenvalue weighted by molar-refractivity contribution is 6.31. The van der Waals surface area contributed by atoms with Crippen LogP contribution in [-0.2, 0) is 6.54 Å². The average molecular weight is 279 g/mol. The molecule has 104 valence electrons. The van der Waals surface area contributed by atoms with Crippen molar-refractivity contribution < 1.29 is 0 Å². The number of aryl methyl sites for hydroxylation is 1. The summed E-state index contributed by atoms with van der Waals surface area (Å²) in [6.45, 7) is 7.64. The molecule has 0 spiro atoms. The predicted octanol–water partition coefficient (Wildman–Crippen LogP) is 3.22. The van der Waals surface area contributed by atoms with Crippen molar-refractivity contribution in [3.63, 3.8) is 0 Å². The van der Waals surface area contributed by atoms with E-state index in [2.05, 4.69) is 42.3 Å². The highest BCUT2D eigenvalue weighted by Gasteiger charge is 2.35. The van der Waals surface area contributed by atoms with Crippen LogP contribution in [-0.4, -0.2) is 30.1 Å². The molecule has 0 radical (unpaired) electrons. The Morgan fingerprint density at radius 2 is 2.16 bits per heavy atom. The van der Waals surface area contributed by atoms with Gasteiger partial charge in [0.1, 0.15) is 0 Å². The third-order valence-electron chi connectivity index (χ3n) is 4.50. The molecule has 2 aliphatic rings. The molecule has 2 unspecified atom stereocenters. The second-order valence-electron chi connectivity index (χ2n) is 6.23. The van der Waals surface area contributed by atoms with E-state index in [4.69, 9.17) is 11.6 Å². The van der Waals surface area contributed by atoms with E-state index in [1.54, 1.807) is 0 Å². The smallest absolute Gasteiger partial charge is 0.0453 e. The van der Waals surface area contributed by atoms with Crippen molar-refractivity contribution in [1.29, 1.82) is 0 Å². The molecule has 1 aromatic carbocycles. The minimum Gasteiger partial charge on any atom is -0.311 e. The minimum atomic E-state index is 0.590. The molecule has 1 saturated heterocycles. The van der Waals surface area contributed by atoms with Crippen LogP contribution < -0.4 is 5.32 Å². The van der Waals surface area contributed by atoms with Gasteiger partial charge in [-0.3, -0.25) is 4.90 Å². The molecule has 0 bridgehead atoms. The summed E-state index contributed by atoms with van der Waals surface area (Å²) in [6.07, 6.45) is 2.82. The summed E-state index contributed by atoms with van der Waals surface area (Å²) in [7, 11) is 0. The van der Waals surface area contributed by atoms with Gasteiger partial charge in [-0.1, -0.05) is 23.7 Å². The molecule has 1 heterocycles. The van der Waals surface area contributed by atoms with Gasteiger partial charge in [-0.2, -0.15) is 0 Å². The van der Waals surface area contributed by atoms with Gasteiger partial charge < -0.3 is 5.32 Å². The van der Waals surface area contributed by atoms with Crippen LogP contribution in [0.15, 0.2) is 18.2 Å². The zero-order chi connectivity index (χ0) is 13.4. The fourth-order valence-corrected chi connectivity index (χ4v) is 3.28. The molecular formula is C16H23ClN2. The van der Waals surface area contributed by atoms with Crippen LogP contribution in [0.4, 0.5) is 0 Å². The maximum Gasteiger partial charge on any atom is 0.0453 e. The Labute approximate surface area is 121 Å². The number of hydrogen-bond acceptors (Lipinski definition) is 2. The van der Waals surface area contributed by atoms with Crippen molar-refractivity contribution in [2.45, 2.75) is 45.3 Å². The van der Waals surface area contributed by atoms with Crippen LogP contribution in [0.25, 0.3) is 0 Å². The Hall–Kier alpha value is -0.570. The maximum absolute atomic E-state index is 6.37. The fourth-order valence-electron chi connectivity index (χ4n) is 2.98. The lowest BCUT2D eigenvalue weighted by atomic mass is 10.0. The first-order valence-corrected chi connectivity index (χ1v) is 7.74. The van der Waals surface area contributed by atoms with Crippen molar-refractivity contribution in [2.75, 3.05) is 13.1 Å². The Bertz CT molecular complexity index is 456. The van der Waals surface area contributed by atoms with Crippen LogP contribution >= 0.6 is 11.6 Å². The van der Waals surface area contributed by atoms with Gasteiger partial charge in [0.25, 0.3) is 0 Å². The second kappa shape index (κ2) is 5.43. The van der Waals surface area contributed by atoms with E-state index in [1.807, 2.05) is 0 Å². The zero-order valence-corrected chi connectivity index (χ0v) is 12.6. The van der Waals surface area contributed by atoms with Crippen molar-refractivity contribution in [1.82, 2.24) is 10.2 Å². The molecule has 2 fully saturated rings. The van der Waals surface area contributed by atoms with E-state index in [0.29, 0.717) is 12.1 Å². The largest absolute Gasteiger partial charge is 0.311 e. The third-order valence-corrected chi connectivity index (χ3v) is 4.85. The molecule has 2 nitrogen and oxygen atoms in total. The summed E-state index contributed by atoms with van der Waals surface area (Å²) >= 11 is 6.37. The Kier molecular flexibility index (Phi) is 3.84. The van der Waals surface area contributed by atoms with E-state index in [-0.39, 0.29) is 0 Å². The SMILES string of the molecule is Cc1ccc(CN2CC(C3CC3)NCC2C)c(Cl)c1. The van der Waals surface area contributed by atoms with Gasteiger partial charge in [-0.05, 0) is 49.8 Å². The second-order valence-corrected chi connectivity index (χ2v) is 6.63. The Morgan fingerprint density at radius 1 is 1.37 bits per heavy atom. The molecule has 1 aliphatic heterocycles. The van der Waals surface area contributed by atoms with E-state index >= 15 is 0 Å². The molecule has 1 aliphatic carbocycles. The topological polar surface area (TPSA) is 15.3 Å². The summed E-state index contributed by atoms with van der Waals surface area (Å²) < 4.78 is 0. The van der Waals surface area contributed by atoms with Crippen LogP contribution in [0.5, 0.6) is 0 Å². The first-order valence-electron chi connectivity index (χ1n) is 7.36. The quantitative estimate of drug-likeness (QED) is 0.913. The lowest BCUT2D eigenvalue weighted by Crippen LogP contribution is -2.55. The first kappa shape index (κ1) is 13.4. The molecule has 2 atom stereocenters.